The molecule has 156 valence electrons. The SMILES string of the molecule is Cc1cccc(Cn2cncc2CNC(=O)c2cccc(OCc3ccccc3)c2)c1. The number of carbonyl (C=O) groups excluding carboxylic acids is 1. The van der Waals surface area contributed by atoms with Crippen molar-refractivity contribution >= 4 is 5.91 Å². The number of hydrogen-bond donors (Lipinski definition) is 1. The third kappa shape index (κ3) is 5.60. The number of nitrogens with one attached hydrogen (secondary N) is 1. The Balaban J connectivity index is 1.36. The highest BCUT2D eigenvalue weighted by Crippen LogP contribution is 2.16. The molecule has 3 aromatic carbocycles. The summed E-state index contributed by atoms with van der Waals surface area (Å²) in [6.07, 6.45) is 3.58. The normalized spacial score (nSPS) is 10.6. The van der Waals surface area contributed by atoms with E-state index < -0.39 is 0 Å². The van der Waals surface area contributed by atoms with Crippen molar-refractivity contribution in [1.29, 1.82) is 0 Å². The molecule has 5 nitrogen and oxygen atoms in total. The molecule has 4 aromatic rings. The van der Waals surface area contributed by atoms with Crippen LogP contribution >= 0.6 is 0 Å². The molecule has 4 rings (SSSR count). The van der Waals surface area contributed by atoms with Crippen molar-refractivity contribution in [3.63, 3.8) is 0 Å². The summed E-state index contributed by atoms with van der Waals surface area (Å²) in [7, 11) is 0. The quantitative estimate of drug-likeness (QED) is 0.455. The van der Waals surface area contributed by atoms with E-state index in [0.717, 1.165) is 17.8 Å². The highest BCUT2D eigenvalue weighted by molar-refractivity contribution is 5.94. The molecule has 1 amide bonds. The van der Waals surface area contributed by atoms with Gasteiger partial charge in [-0.2, -0.15) is 0 Å². The van der Waals surface area contributed by atoms with Gasteiger partial charge >= 0.3 is 0 Å². The monoisotopic (exact) mass is 411 g/mol. The molecule has 0 aliphatic carbocycles. The number of aromatic nitrogens is 2. The fourth-order valence-corrected chi connectivity index (χ4v) is 3.39. The van der Waals surface area contributed by atoms with Gasteiger partial charge in [-0.3, -0.25) is 4.79 Å². The molecule has 31 heavy (non-hydrogen) atoms. The smallest absolute Gasteiger partial charge is 0.251 e. The summed E-state index contributed by atoms with van der Waals surface area (Å²) in [4.78, 5) is 16.9. The second kappa shape index (κ2) is 9.76. The number of benzene rings is 3. The first-order valence-corrected chi connectivity index (χ1v) is 10.3. The van der Waals surface area contributed by atoms with Gasteiger partial charge in [-0.25, -0.2) is 4.98 Å². The van der Waals surface area contributed by atoms with Crippen LogP contribution in [0.25, 0.3) is 0 Å². The third-order valence-corrected chi connectivity index (χ3v) is 5.01. The van der Waals surface area contributed by atoms with Gasteiger partial charge in [0.05, 0.1) is 18.6 Å². The molecule has 0 radical (unpaired) electrons. The summed E-state index contributed by atoms with van der Waals surface area (Å²) in [6, 6.07) is 25.6. The number of aryl methyl sites for hydroxylation is 1. The van der Waals surface area contributed by atoms with Crippen LogP contribution in [0.3, 0.4) is 0 Å². The molecule has 0 bridgehead atoms. The van der Waals surface area contributed by atoms with E-state index in [-0.39, 0.29) is 5.91 Å². The van der Waals surface area contributed by atoms with Gasteiger partial charge in [-0.1, -0.05) is 66.2 Å². The molecule has 0 atom stereocenters. The first-order valence-electron chi connectivity index (χ1n) is 10.3. The zero-order chi connectivity index (χ0) is 21.5. The van der Waals surface area contributed by atoms with Crippen LogP contribution in [-0.4, -0.2) is 15.5 Å². The largest absolute Gasteiger partial charge is 0.489 e. The Morgan fingerprint density at radius 3 is 2.61 bits per heavy atom. The van der Waals surface area contributed by atoms with Crippen molar-refractivity contribution in [2.75, 3.05) is 0 Å². The minimum atomic E-state index is -0.145. The predicted octanol–water partition coefficient (Wildman–Crippen LogP) is 4.75. The van der Waals surface area contributed by atoms with Crippen molar-refractivity contribution in [1.82, 2.24) is 14.9 Å². The van der Waals surface area contributed by atoms with Crippen molar-refractivity contribution in [2.24, 2.45) is 0 Å². The highest BCUT2D eigenvalue weighted by atomic mass is 16.5. The molecule has 0 aliphatic rings. The standard InChI is InChI=1S/C26H25N3O2/c1-20-7-5-10-22(13-20)17-29-19-27-15-24(29)16-28-26(30)23-11-6-12-25(14-23)31-18-21-8-3-2-4-9-21/h2-15,19H,16-18H2,1H3,(H,28,30). The zero-order valence-corrected chi connectivity index (χ0v) is 17.5. The number of nitrogens with zero attached hydrogens (tertiary/aromatic N) is 2. The maximum atomic E-state index is 12.7. The summed E-state index contributed by atoms with van der Waals surface area (Å²) in [5.74, 6) is 0.523. The molecule has 0 spiro atoms. The highest BCUT2D eigenvalue weighted by Gasteiger charge is 2.09. The van der Waals surface area contributed by atoms with Gasteiger partial charge in [0.15, 0.2) is 0 Å². The lowest BCUT2D eigenvalue weighted by Crippen LogP contribution is -2.24. The van der Waals surface area contributed by atoms with Crippen LogP contribution in [0.15, 0.2) is 91.4 Å². The molecule has 0 saturated heterocycles. The predicted molar refractivity (Wildman–Crippen MR) is 121 cm³/mol. The first-order chi connectivity index (χ1) is 15.2. The van der Waals surface area contributed by atoms with E-state index in [2.05, 4.69) is 46.1 Å². The molecule has 1 N–H and O–H groups in total. The Bertz CT molecular complexity index is 1150. The maximum absolute atomic E-state index is 12.7. The number of carbonyl (C=O) groups is 1. The lowest BCUT2D eigenvalue weighted by atomic mass is 10.1. The average Bonchev–Trinajstić information content (AvgIpc) is 3.24. The minimum absolute atomic E-state index is 0.145. The van der Waals surface area contributed by atoms with Gasteiger partial charge in [0.1, 0.15) is 12.4 Å². The number of hydrogen-bond acceptors (Lipinski definition) is 3. The van der Waals surface area contributed by atoms with Crippen LogP contribution in [-0.2, 0) is 19.7 Å². The zero-order valence-electron chi connectivity index (χ0n) is 17.5. The molecule has 0 fully saturated rings. The first kappa shape index (κ1) is 20.4. The Kier molecular flexibility index (Phi) is 6.43. The van der Waals surface area contributed by atoms with E-state index in [1.165, 1.54) is 11.1 Å². The van der Waals surface area contributed by atoms with E-state index in [1.54, 1.807) is 24.7 Å². The van der Waals surface area contributed by atoms with E-state index in [1.807, 2.05) is 42.5 Å². The van der Waals surface area contributed by atoms with Crippen LogP contribution in [0.2, 0.25) is 0 Å². The van der Waals surface area contributed by atoms with Gasteiger partial charge in [-0.05, 0) is 36.2 Å². The van der Waals surface area contributed by atoms with E-state index in [4.69, 9.17) is 4.74 Å². The van der Waals surface area contributed by atoms with Gasteiger partial charge in [0.2, 0.25) is 0 Å². The second-order valence-electron chi connectivity index (χ2n) is 7.49. The lowest BCUT2D eigenvalue weighted by Gasteiger charge is -2.11. The molecule has 1 aromatic heterocycles. The van der Waals surface area contributed by atoms with Crippen LogP contribution in [0.4, 0.5) is 0 Å². The van der Waals surface area contributed by atoms with Crippen LogP contribution in [0, 0.1) is 6.92 Å². The number of amides is 1. The topological polar surface area (TPSA) is 56.2 Å². The molecule has 5 heteroatoms. The summed E-state index contributed by atoms with van der Waals surface area (Å²) in [6.45, 7) is 3.66. The average molecular weight is 412 g/mol. The van der Waals surface area contributed by atoms with Crippen LogP contribution < -0.4 is 10.1 Å². The molecule has 0 saturated carbocycles. The van der Waals surface area contributed by atoms with Crippen molar-refractivity contribution in [3.05, 3.63) is 119 Å². The van der Waals surface area contributed by atoms with Crippen molar-refractivity contribution in [2.45, 2.75) is 26.6 Å². The summed E-state index contributed by atoms with van der Waals surface area (Å²) in [5.41, 5.74) is 5.02. The maximum Gasteiger partial charge on any atom is 0.251 e. The Morgan fingerprint density at radius 1 is 0.968 bits per heavy atom. The Hall–Kier alpha value is -3.86. The number of imidazole rings is 1. The molecular weight excluding hydrogens is 386 g/mol. The van der Waals surface area contributed by atoms with Crippen LogP contribution in [0.1, 0.15) is 32.7 Å². The lowest BCUT2D eigenvalue weighted by molar-refractivity contribution is 0.0949. The summed E-state index contributed by atoms with van der Waals surface area (Å²) in [5, 5.41) is 2.98. The Labute approximate surface area is 182 Å². The molecule has 1 heterocycles. The molecule has 0 unspecified atom stereocenters. The fraction of sp³-hybridized carbons (Fsp3) is 0.154. The summed E-state index contributed by atoms with van der Waals surface area (Å²) >= 11 is 0. The van der Waals surface area contributed by atoms with E-state index in [9.17, 15) is 4.79 Å². The van der Waals surface area contributed by atoms with Crippen molar-refractivity contribution < 1.29 is 9.53 Å². The van der Waals surface area contributed by atoms with Gasteiger partial charge in [-0.15, -0.1) is 0 Å². The van der Waals surface area contributed by atoms with Crippen molar-refractivity contribution in [3.8, 4) is 5.75 Å². The molecule has 0 aliphatic heterocycles. The van der Waals surface area contributed by atoms with Gasteiger partial charge in [0.25, 0.3) is 5.91 Å². The number of rotatable bonds is 8. The minimum Gasteiger partial charge on any atom is -0.489 e. The van der Waals surface area contributed by atoms with Crippen LogP contribution in [0.5, 0.6) is 5.75 Å². The van der Waals surface area contributed by atoms with Gasteiger partial charge in [0, 0.05) is 18.3 Å². The molecular formula is C26H25N3O2. The van der Waals surface area contributed by atoms with E-state index in [0.29, 0.717) is 24.5 Å². The fourth-order valence-electron chi connectivity index (χ4n) is 3.39. The number of ether oxygens (including phenoxy) is 1. The summed E-state index contributed by atoms with van der Waals surface area (Å²) < 4.78 is 7.88. The second-order valence-corrected chi connectivity index (χ2v) is 7.49. The van der Waals surface area contributed by atoms with E-state index >= 15 is 0 Å². The Morgan fingerprint density at radius 2 is 1.77 bits per heavy atom. The third-order valence-electron chi connectivity index (χ3n) is 5.01. The van der Waals surface area contributed by atoms with Gasteiger partial charge < -0.3 is 14.6 Å².